The number of carbonyl (C=O) groups is 1. The van der Waals surface area contributed by atoms with Crippen molar-refractivity contribution in [2.24, 2.45) is 5.92 Å². The van der Waals surface area contributed by atoms with Crippen molar-refractivity contribution in [1.82, 2.24) is 0 Å². The number of unbranched alkanes of at least 4 members (excludes halogenated alkanes) is 2. The third kappa shape index (κ3) is 4.23. The Morgan fingerprint density at radius 2 is 1.93 bits per heavy atom. The monoisotopic (exact) mass is 198 g/mol. The van der Waals surface area contributed by atoms with Crippen LogP contribution in [0.15, 0.2) is 0 Å². The Hall–Kier alpha value is -0.370. The minimum absolute atomic E-state index is 0.414. The van der Waals surface area contributed by atoms with E-state index in [1.54, 1.807) is 7.11 Å². The van der Waals surface area contributed by atoms with Gasteiger partial charge in [-0.25, -0.2) is 0 Å². The molecule has 0 radical (unpaired) electrons. The van der Waals surface area contributed by atoms with E-state index in [1.165, 1.54) is 12.8 Å². The molecule has 0 aromatic heterocycles. The lowest BCUT2D eigenvalue weighted by molar-refractivity contribution is -0.122. The van der Waals surface area contributed by atoms with Gasteiger partial charge in [0.25, 0.3) is 0 Å². The van der Waals surface area contributed by atoms with Crippen LogP contribution in [0.3, 0.4) is 0 Å². The second-order valence-electron chi connectivity index (χ2n) is 4.25. The lowest BCUT2D eigenvalue weighted by Crippen LogP contribution is -2.10. The van der Waals surface area contributed by atoms with Crippen LogP contribution in [0, 0.1) is 5.92 Å². The van der Waals surface area contributed by atoms with Crippen LogP contribution in [0.5, 0.6) is 0 Å². The van der Waals surface area contributed by atoms with Gasteiger partial charge >= 0.3 is 0 Å². The Labute approximate surface area is 87.0 Å². The van der Waals surface area contributed by atoms with E-state index in [1.807, 2.05) is 0 Å². The van der Waals surface area contributed by atoms with Crippen LogP contribution in [0.1, 0.15) is 51.4 Å². The van der Waals surface area contributed by atoms with Gasteiger partial charge in [-0.3, -0.25) is 4.79 Å². The maximum atomic E-state index is 11.6. The van der Waals surface area contributed by atoms with Crippen molar-refractivity contribution in [1.29, 1.82) is 0 Å². The van der Waals surface area contributed by atoms with Crippen LogP contribution in [0.25, 0.3) is 0 Å². The molecule has 0 unspecified atom stereocenters. The van der Waals surface area contributed by atoms with Gasteiger partial charge in [0.1, 0.15) is 5.78 Å². The molecular formula is C12H22O2. The summed E-state index contributed by atoms with van der Waals surface area (Å²) in [5.41, 5.74) is 0. The SMILES string of the molecule is COCCCCCC(=O)C1CCCC1. The van der Waals surface area contributed by atoms with Gasteiger partial charge < -0.3 is 4.74 Å². The first-order valence-corrected chi connectivity index (χ1v) is 5.86. The molecule has 0 atom stereocenters. The average Bonchev–Trinajstić information content (AvgIpc) is 2.70. The fourth-order valence-corrected chi connectivity index (χ4v) is 2.17. The number of hydrogen-bond donors (Lipinski definition) is 0. The van der Waals surface area contributed by atoms with Gasteiger partial charge in [0.2, 0.25) is 0 Å². The highest BCUT2D eigenvalue weighted by Crippen LogP contribution is 2.26. The molecule has 0 aromatic carbocycles. The molecule has 0 bridgehead atoms. The molecule has 1 fully saturated rings. The van der Waals surface area contributed by atoms with Crippen LogP contribution in [-0.4, -0.2) is 19.5 Å². The van der Waals surface area contributed by atoms with Gasteiger partial charge in [0.15, 0.2) is 0 Å². The van der Waals surface area contributed by atoms with Crippen molar-refractivity contribution in [3.8, 4) is 0 Å². The third-order valence-corrected chi connectivity index (χ3v) is 3.08. The third-order valence-electron chi connectivity index (χ3n) is 3.08. The largest absolute Gasteiger partial charge is 0.385 e. The van der Waals surface area contributed by atoms with Gasteiger partial charge in [-0.15, -0.1) is 0 Å². The Morgan fingerprint density at radius 1 is 1.21 bits per heavy atom. The first-order valence-electron chi connectivity index (χ1n) is 5.86. The summed E-state index contributed by atoms with van der Waals surface area (Å²) in [6.45, 7) is 0.831. The van der Waals surface area contributed by atoms with Crippen LogP contribution in [0.2, 0.25) is 0 Å². The van der Waals surface area contributed by atoms with Crippen molar-refractivity contribution in [3.63, 3.8) is 0 Å². The molecule has 0 spiro atoms. The standard InChI is InChI=1S/C12H22O2/c1-14-10-6-2-3-9-12(13)11-7-4-5-8-11/h11H,2-10H2,1H3. The highest BCUT2D eigenvalue weighted by atomic mass is 16.5. The molecule has 0 saturated heterocycles. The van der Waals surface area contributed by atoms with Crippen LogP contribution in [0.4, 0.5) is 0 Å². The van der Waals surface area contributed by atoms with E-state index in [-0.39, 0.29) is 0 Å². The van der Waals surface area contributed by atoms with E-state index in [4.69, 9.17) is 4.74 Å². The Morgan fingerprint density at radius 3 is 2.57 bits per heavy atom. The van der Waals surface area contributed by atoms with E-state index < -0.39 is 0 Å². The second-order valence-corrected chi connectivity index (χ2v) is 4.25. The maximum Gasteiger partial charge on any atom is 0.135 e. The lowest BCUT2D eigenvalue weighted by Gasteiger charge is -2.06. The predicted molar refractivity (Wildman–Crippen MR) is 57.3 cm³/mol. The molecule has 1 rings (SSSR count). The van der Waals surface area contributed by atoms with E-state index in [2.05, 4.69) is 0 Å². The van der Waals surface area contributed by atoms with E-state index in [0.29, 0.717) is 11.7 Å². The maximum absolute atomic E-state index is 11.6. The molecule has 2 nitrogen and oxygen atoms in total. The van der Waals surface area contributed by atoms with Gasteiger partial charge in [0, 0.05) is 26.1 Å². The molecule has 0 aromatic rings. The normalized spacial score (nSPS) is 17.5. The summed E-state index contributed by atoms with van der Waals surface area (Å²) in [6.07, 6.45) is 8.90. The highest BCUT2D eigenvalue weighted by Gasteiger charge is 2.21. The van der Waals surface area contributed by atoms with Gasteiger partial charge in [0.05, 0.1) is 0 Å². The first kappa shape index (κ1) is 11.7. The Kier molecular flexibility index (Phi) is 5.85. The summed E-state index contributed by atoms with van der Waals surface area (Å²) < 4.78 is 4.96. The zero-order valence-electron chi connectivity index (χ0n) is 9.26. The van der Waals surface area contributed by atoms with Gasteiger partial charge in [-0.05, 0) is 25.7 Å². The molecular weight excluding hydrogens is 176 g/mol. The number of Topliss-reactive ketones (excluding diaryl/α,β-unsaturated/α-hetero) is 1. The number of hydrogen-bond acceptors (Lipinski definition) is 2. The summed E-state index contributed by atoms with van der Waals surface area (Å²) in [7, 11) is 1.73. The van der Waals surface area contributed by atoms with E-state index in [0.717, 1.165) is 45.1 Å². The summed E-state index contributed by atoms with van der Waals surface area (Å²) in [5, 5.41) is 0. The highest BCUT2D eigenvalue weighted by molar-refractivity contribution is 5.81. The molecule has 0 N–H and O–H groups in total. The second kappa shape index (κ2) is 6.99. The number of rotatable bonds is 7. The van der Waals surface area contributed by atoms with Gasteiger partial charge in [-0.1, -0.05) is 19.3 Å². The molecule has 14 heavy (non-hydrogen) atoms. The molecule has 82 valence electrons. The summed E-state index contributed by atoms with van der Waals surface area (Å²) in [4.78, 5) is 11.6. The minimum atomic E-state index is 0.414. The first-order chi connectivity index (χ1) is 6.84. The van der Waals surface area contributed by atoms with Crippen molar-refractivity contribution in [2.45, 2.75) is 51.4 Å². The lowest BCUT2D eigenvalue weighted by atomic mass is 9.98. The fourth-order valence-electron chi connectivity index (χ4n) is 2.17. The predicted octanol–water partition coefficient (Wildman–Crippen LogP) is 2.95. The Balaban J connectivity index is 1.97. The smallest absolute Gasteiger partial charge is 0.135 e. The van der Waals surface area contributed by atoms with Gasteiger partial charge in [-0.2, -0.15) is 0 Å². The van der Waals surface area contributed by atoms with Crippen LogP contribution < -0.4 is 0 Å². The topological polar surface area (TPSA) is 26.3 Å². The number of carbonyl (C=O) groups excluding carboxylic acids is 1. The molecule has 1 saturated carbocycles. The number of ketones is 1. The molecule has 1 aliphatic rings. The quantitative estimate of drug-likeness (QED) is 0.588. The molecule has 1 aliphatic carbocycles. The number of methoxy groups -OCH3 is 1. The minimum Gasteiger partial charge on any atom is -0.385 e. The van der Waals surface area contributed by atoms with Crippen molar-refractivity contribution in [3.05, 3.63) is 0 Å². The van der Waals surface area contributed by atoms with Crippen molar-refractivity contribution in [2.75, 3.05) is 13.7 Å². The summed E-state index contributed by atoms with van der Waals surface area (Å²) in [6, 6.07) is 0. The van der Waals surface area contributed by atoms with Crippen molar-refractivity contribution >= 4 is 5.78 Å². The Bertz CT molecular complexity index is 160. The summed E-state index contributed by atoms with van der Waals surface area (Å²) >= 11 is 0. The molecule has 0 aliphatic heterocycles. The average molecular weight is 198 g/mol. The fraction of sp³-hybridized carbons (Fsp3) is 0.917. The van der Waals surface area contributed by atoms with Crippen molar-refractivity contribution < 1.29 is 9.53 Å². The van der Waals surface area contributed by atoms with Crippen LogP contribution in [-0.2, 0) is 9.53 Å². The zero-order valence-corrected chi connectivity index (χ0v) is 9.26. The van der Waals surface area contributed by atoms with E-state index in [9.17, 15) is 4.79 Å². The van der Waals surface area contributed by atoms with Crippen LogP contribution >= 0.6 is 0 Å². The zero-order chi connectivity index (χ0) is 10.2. The summed E-state index contributed by atoms with van der Waals surface area (Å²) in [5.74, 6) is 0.928. The molecule has 0 heterocycles. The molecule has 0 amide bonds. The number of ether oxygens (including phenoxy) is 1. The molecule has 2 heteroatoms. The van der Waals surface area contributed by atoms with E-state index >= 15 is 0 Å².